The maximum absolute atomic E-state index is 6.20. The van der Waals surface area contributed by atoms with Crippen LogP contribution in [0.25, 0.3) is 0 Å². The lowest BCUT2D eigenvalue weighted by Gasteiger charge is -2.18. The summed E-state index contributed by atoms with van der Waals surface area (Å²) in [5.74, 6) is 3.89. The number of nitrogens with one attached hydrogen (secondary N) is 2. The van der Waals surface area contributed by atoms with Gasteiger partial charge in [-0.1, -0.05) is 18.6 Å². The Balaban J connectivity index is 1.30. The molecule has 0 bridgehead atoms. The molecule has 8 nitrogen and oxygen atoms in total. The van der Waals surface area contributed by atoms with Gasteiger partial charge < -0.3 is 24.7 Å². The Morgan fingerprint density at radius 2 is 2.19 bits per heavy atom. The average Bonchev–Trinajstić information content (AvgIpc) is 3.35. The first-order valence-electron chi connectivity index (χ1n) is 11.4. The molecule has 3 heterocycles. The summed E-state index contributed by atoms with van der Waals surface area (Å²) in [5.41, 5.74) is 2.30. The zero-order chi connectivity index (χ0) is 21.5. The lowest BCUT2D eigenvalue weighted by Crippen LogP contribution is -2.38. The van der Waals surface area contributed by atoms with Crippen LogP contribution < -0.4 is 15.4 Å². The molecular weight excluding hydrogens is 392 g/mol. The normalized spacial score (nSPS) is 19.0. The summed E-state index contributed by atoms with van der Waals surface area (Å²) in [6.45, 7) is 5.96. The molecule has 1 aromatic heterocycles. The van der Waals surface area contributed by atoms with Crippen molar-refractivity contribution < 1.29 is 9.47 Å². The van der Waals surface area contributed by atoms with Gasteiger partial charge in [-0.2, -0.15) is 0 Å². The van der Waals surface area contributed by atoms with Crippen molar-refractivity contribution in [2.75, 3.05) is 26.8 Å². The number of guanidine groups is 1. The van der Waals surface area contributed by atoms with Crippen LogP contribution in [0.3, 0.4) is 0 Å². The van der Waals surface area contributed by atoms with E-state index in [1.54, 1.807) is 7.05 Å². The Hall–Kier alpha value is -2.61. The maximum Gasteiger partial charge on any atom is 0.191 e. The van der Waals surface area contributed by atoms with E-state index in [-0.39, 0.29) is 6.10 Å². The Bertz CT molecular complexity index is 888. The van der Waals surface area contributed by atoms with Gasteiger partial charge in [0, 0.05) is 51.5 Å². The second kappa shape index (κ2) is 10.6. The van der Waals surface area contributed by atoms with Crippen LogP contribution in [-0.2, 0) is 30.7 Å². The fourth-order valence-electron chi connectivity index (χ4n) is 4.13. The highest BCUT2D eigenvalue weighted by Crippen LogP contribution is 2.23. The number of ether oxygens (including phenoxy) is 2. The molecule has 1 fully saturated rings. The molecule has 1 saturated heterocycles. The highest BCUT2D eigenvalue weighted by Gasteiger charge is 2.19. The number of rotatable bonds is 7. The second-order valence-electron chi connectivity index (χ2n) is 8.31. The van der Waals surface area contributed by atoms with Crippen LogP contribution in [0.2, 0.25) is 0 Å². The van der Waals surface area contributed by atoms with Gasteiger partial charge in [0.1, 0.15) is 23.5 Å². The number of hydrogen-bond acceptors (Lipinski definition) is 5. The van der Waals surface area contributed by atoms with Crippen LogP contribution in [0, 0.1) is 6.92 Å². The van der Waals surface area contributed by atoms with Crippen molar-refractivity contribution in [3.8, 4) is 5.75 Å². The topological polar surface area (TPSA) is 85.6 Å². The maximum atomic E-state index is 6.20. The third kappa shape index (κ3) is 5.76. The van der Waals surface area contributed by atoms with Gasteiger partial charge in [-0.3, -0.25) is 4.99 Å². The van der Waals surface area contributed by atoms with Gasteiger partial charge in [0.25, 0.3) is 0 Å². The summed E-state index contributed by atoms with van der Waals surface area (Å²) in [6.07, 6.45) is 6.64. The van der Waals surface area contributed by atoms with Crippen molar-refractivity contribution in [1.29, 1.82) is 0 Å². The monoisotopic (exact) mass is 426 g/mol. The van der Waals surface area contributed by atoms with Gasteiger partial charge in [-0.05, 0) is 31.4 Å². The van der Waals surface area contributed by atoms with E-state index in [1.165, 1.54) is 24.8 Å². The van der Waals surface area contributed by atoms with E-state index in [0.29, 0.717) is 13.2 Å². The molecule has 2 aliphatic rings. The molecule has 2 aliphatic heterocycles. The standard InChI is InChI=1S/C23H34N6O2/c1-17-7-8-18(20(14-17)31-19-10-13-30-16-19)15-26-23(24-2)25-11-9-22-28-27-21-6-4-3-5-12-29(21)22/h7-8,14,19H,3-6,9-13,15-16H2,1-2H3,(H2,24,25,26). The number of aromatic nitrogens is 3. The molecule has 0 spiro atoms. The second-order valence-corrected chi connectivity index (χ2v) is 8.31. The van der Waals surface area contributed by atoms with Crippen LogP contribution in [0.4, 0.5) is 0 Å². The fourth-order valence-corrected chi connectivity index (χ4v) is 4.13. The highest BCUT2D eigenvalue weighted by molar-refractivity contribution is 5.79. The molecule has 4 rings (SSSR count). The fraction of sp³-hybridized carbons (Fsp3) is 0.609. The van der Waals surface area contributed by atoms with E-state index in [2.05, 4.69) is 55.5 Å². The molecule has 8 heteroatoms. The predicted molar refractivity (Wildman–Crippen MR) is 121 cm³/mol. The first-order chi connectivity index (χ1) is 15.2. The van der Waals surface area contributed by atoms with E-state index < -0.39 is 0 Å². The molecule has 0 amide bonds. The summed E-state index contributed by atoms with van der Waals surface area (Å²) < 4.78 is 14.0. The number of aliphatic imine (C=N–C) groups is 1. The molecule has 0 radical (unpaired) electrons. The quantitative estimate of drug-likeness (QED) is 0.522. The molecule has 1 unspecified atom stereocenters. The average molecular weight is 427 g/mol. The molecule has 1 aromatic carbocycles. The van der Waals surface area contributed by atoms with E-state index in [9.17, 15) is 0 Å². The molecule has 1 atom stereocenters. The largest absolute Gasteiger partial charge is 0.488 e. The zero-order valence-corrected chi connectivity index (χ0v) is 18.7. The van der Waals surface area contributed by atoms with E-state index in [0.717, 1.165) is 67.9 Å². The van der Waals surface area contributed by atoms with E-state index in [1.807, 2.05) is 0 Å². The van der Waals surface area contributed by atoms with Gasteiger partial charge in [0.2, 0.25) is 0 Å². The van der Waals surface area contributed by atoms with Crippen LogP contribution in [-0.4, -0.2) is 53.6 Å². The Kier molecular flexibility index (Phi) is 7.40. The minimum Gasteiger partial charge on any atom is -0.488 e. The first-order valence-corrected chi connectivity index (χ1v) is 11.4. The molecular formula is C23H34N6O2. The lowest BCUT2D eigenvalue weighted by molar-refractivity contribution is 0.140. The summed E-state index contributed by atoms with van der Waals surface area (Å²) in [4.78, 5) is 4.37. The van der Waals surface area contributed by atoms with Gasteiger partial charge in [-0.25, -0.2) is 0 Å². The van der Waals surface area contributed by atoms with Gasteiger partial charge in [0.05, 0.1) is 13.2 Å². The van der Waals surface area contributed by atoms with Gasteiger partial charge in [-0.15, -0.1) is 10.2 Å². The first kappa shape index (κ1) is 21.6. The highest BCUT2D eigenvalue weighted by atomic mass is 16.5. The van der Waals surface area contributed by atoms with Crippen molar-refractivity contribution in [3.05, 3.63) is 41.0 Å². The number of hydrogen-bond donors (Lipinski definition) is 2. The summed E-state index contributed by atoms with van der Waals surface area (Å²) >= 11 is 0. The minimum atomic E-state index is 0.135. The summed E-state index contributed by atoms with van der Waals surface area (Å²) in [5, 5.41) is 15.6. The van der Waals surface area contributed by atoms with E-state index >= 15 is 0 Å². The SMILES string of the molecule is CN=C(NCCc1nnc2n1CCCCC2)NCc1ccc(C)cc1OC1CCOC1. The smallest absolute Gasteiger partial charge is 0.191 e. The molecule has 2 N–H and O–H groups in total. The molecule has 0 aliphatic carbocycles. The minimum absolute atomic E-state index is 0.135. The number of nitrogens with zero attached hydrogens (tertiary/aromatic N) is 4. The van der Waals surface area contributed by atoms with E-state index in [4.69, 9.17) is 9.47 Å². The summed E-state index contributed by atoms with van der Waals surface area (Å²) in [6, 6.07) is 6.33. The molecule has 2 aromatic rings. The molecule has 31 heavy (non-hydrogen) atoms. The van der Waals surface area contributed by atoms with Crippen molar-refractivity contribution in [1.82, 2.24) is 25.4 Å². The van der Waals surface area contributed by atoms with Crippen LogP contribution in [0.1, 0.15) is 48.5 Å². The third-order valence-electron chi connectivity index (χ3n) is 5.90. The number of aryl methyl sites for hydroxylation is 2. The van der Waals surface area contributed by atoms with Gasteiger partial charge in [0.15, 0.2) is 5.96 Å². The Labute approximate surface area is 184 Å². The summed E-state index contributed by atoms with van der Waals surface area (Å²) in [7, 11) is 1.79. The van der Waals surface area contributed by atoms with Gasteiger partial charge >= 0.3 is 0 Å². The van der Waals surface area contributed by atoms with Crippen molar-refractivity contribution in [2.24, 2.45) is 4.99 Å². The van der Waals surface area contributed by atoms with Crippen molar-refractivity contribution in [3.63, 3.8) is 0 Å². The van der Waals surface area contributed by atoms with Crippen LogP contribution >= 0.6 is 0 Å². The molecule has 168 valence electrons. The van der Waals surface area contributed by atoms with Crippen LogP contribution in [0.5, 0.6) is 5.75 Å². The van der Waals surface area contributed by atoms with Crippen LogP contribution in [0.15, 0.2) is 23.2 Å². The predicted octanol–water partition coefficient (Wildman–Crippen LogP) is 2.39. The number of benzene rings is 1. The Morgan fingerprint density at radius 1 is 1.26 bits per heavy atom. The number of fused-ring (bicyclic) bond motifs is 1. The zero-order valence-electron chi connectivity index (χ0n) is 18.7. The lowest BCUT2D eigenvalue weighted by atomic mass is 10.1. The molecule has 0 saturated carbocycles. The van der Waals surface area contributed by atoms with Crippen molar-refractivity contribution >= 4 is 5.96 Å². The van der Waals surface area contributed by atoms with Crippen molar-refractivity contribution in [2.45, 2.75) is 64.6 Å². The third-order valence-corrected chi connectivity index (χ3v) is 5.90. The Morgan fingerprint density at radius 3 is 3.03 bits per heavy atom.